The van der Waals surface area contributed by atoms with E-state index >= 15 is 0 Å². The number of anilines is 1. The van der Waals surface area contributed by atoms with Gasteiger partial charge in [-0.2, -0.15) is 4.68 Å². The fourth-order valence-electron chi connectivity index (χ4n) is 3.22. The summed E-state index contributed by atoms with van der Waals surface area (Å²) >= 11 is 3.50. The van der Waals surface area contributed by atoms with Crippen LogP contribution in [0.5, 0.6) is 5.75 Å². The molecule has 28 heavy (non-hydrogen) atoms. The van der Waals surface area contributed by atoms with E-state index in [1.54, 1.807) is 6.92 Å². The highest BCUT2D eigenvalue weighted by atomic mass is 79.9. The Hall–Kier alpha value is -3.20. The zero-order valence-corrected chi connectivity index (χ0v) is 16.5. The fraction of sp³-hybridized carbons (Fsp3) is 0.158. The van der Waals surface area contributed by atoms with Crippen molar-refractivity contribution in [2.45, 2.75) is 19.6 Å². The van der Waals surface area contributed by atoms with Crippen molar-refractivity contribution in [1.29, 1.82) is 0 Å². The SMILES string of the molecule is CC1=C(C(N)=O)[C@H](c2cc(Br)ccc2OCc2ccccc2)n2nnnc2N1. The van der Waals surface area contributed by atoms with E-state index in [1.807, 2.05) is 48.5 Å². The predicted molar refractivity (Wildman–Crippen MR) is 106 cm³/mol. The molecule has 4 rings (SSSR count). The zero-order valence-electron chi connectivity index (χ0n) is 15.0. The number of allylic oxidation sites excluding steroid dienone is 1. The summed E-state index contributed by atoms with van der Waals surface area (Å²) in [7, 11) is 0. The number of ether oxygens (including phenoxy) is 1. The maximum Gasteiger partial charge on any atom is 0.248 e. The van der Waals surface area contributed by atoms with Gasteiger partial charge in [0.2, 0.25) is 11.9 Å². The Kier molecular flexibility index (Phi) is 4.82. The molecule has 0 fully saturated rings. The Morgan fingerprint density at radius 2 is 2.07 bits per heavy atom. The van der Waals surface area contributed by atoms with E-state index in [2.05, 4.69) is 36.8 Å². The Labute approximate surface area is 169 Å². The molecule has 1 aliphatic rings. The molecule has 0 saturated carbocycles. The minimum atomic E-state index is -0.605. The van der Waals surface area contributed by atoms with Gasteiger partial charge in [0.25, 0.3) is 0 Å². The minimum absolute atomic E-state index is 0.377. The highest BCUT2D eigenvalue weighted by Crippen LogP contribution is 2.39. The van der Waals surface area contributed by atoms with Crippen LogP contribution in [0.2, 0.25) is 0 Å². The Morgan fingerprint density at radius 3 is 2.82 bits per heavy atom. The van der Waals surface area contributed by atoms with Crippen molar-refractivity contribution in [3.8, 4) is 5.75 Å². The average molecular weight is 441 g/mol. The van der Waals surface area contributed by atoms with Gasteiger partial charge in [-0.05, 0) is 41.1 Å². The molecular weight excluding hydrogens is 424 g/mol. The van der Waals surface area contributed by atoms with Crippen LogP contribution in [0, 0.1) is 0 Å². The van der Waals surface area contributed by atoms with Crippen molar-refractivity contribution in [3.05, 3.63) is 75.4 Å². The number of amides is 1. The monoisotopic (exact) mass is 440 g/mol. The average Bonchev–Trinajstić information content (AvgIpc) is 3.14. The van der Waals surface area contributed by atoms with Crippen LogP contribution in [-0.2, 0) is 11.4 Å². The topological polar surface area (TPSA) is 108 Å². The van der Waals surface area contributed by atoms with Gasteiger partial charge in [-0.3, -0.25) is 4.79 Å². The van der Waals surface area contributed by atoms with Gasteiger partial charge < -0.3 is 15.8 Å². The van der Waals surface area contributed by atoms with Crippen LogP contribution in [-0.4, -0.2) is 26.1 Å². The largest absolute Gasteiger partial charge is 0.489 e. The van der Waals surface area contributed by atoms with Gasteiger partial charge in [0.1, 0.15) is 18.4 Å². The number of halogens is 1. The van der Waals surface area contributed by atoms with Gasteiger partial charge >= 0.3 is 0 Å². The molecule has 0 radical (unpaired) electrons. The first-order chi connectivity index (χ1) is 13.5. The number of nitrogens with one attached hydrogen (secondary N) is 1. The van der Waals surface area contributed by atoms with E-state index in [9.17, 15) is 4.79 Å². The first-order valence-corrected chi connectivity index (χ1v) is 9.35. The van der Waals surface area contributed by atoms with Gasteiger partial charge in [0.05, 0.1) is 5.57 Å². The van der Waals surface area contributed by atoms with E-state index in [0.29, 0.717) is 29.6 Å². The maximum absolute atomic E-state index is 12.2. The van der Waals surface area contributed by atoms with Crippen molar-refractivity contribution in [2.24, 2.45) is 5.73 Å². The number of nitrogens with zero attached hydrogens (tertiary/aromatic N) is 4. The third kappa shape index (κ3) is 3.36. The Bertz CT molecular complexity index is 1060. The first kappa shape index (κ1) is 18.2. The predicted octanol–water partition coefficient (Wildman–Crippen LogP) is 2.79. The summed E-state index contributed by atoms with van der Waals surface area (Å²) in [6, 6.07) is 14.9. The van der Waals surface area contributed by atoms with Crippen molar-refractivity contribution in [3.63, 3.8) is 0 Å². The van der Waals surface area contributed by atoms with E-state index in [4.69, 9.17) is 10.5 Å². The third-order valence-electron chi connectivity index (χ3n) is 4.48. The van der Waals surface area contributed by atoms with Gasteiger partial charge in [-0.25, -0.2) is 0 Å². The lowest BCUT2D eigenvalue weighted by atomic mass is 9.94. The van der Waals surface area contributed by atoms with Crippen LogP contribution in [0.25, 0.3) is 0 Å². The molecule has 1 aromatic heterocycles. The van der Waals surface area contributed by atoms with Gasteiger partial charge in [0, 0.05) is 15.7 Å². The second-order valence-electron chi connectivity index (χ2n) is 6.33. The quantitative estimate of drug-likeness (QED) is 0.631. The van der Waals surface area contributed by atoms with E-state index in [-0.39, 0.29) is 0 Å². The molecule has 142 valence electrons. The molecule has 1 amide bonds. The molecule has 0 bridgehead atoms. The summed E-state index contributed by atoms with van der Waals surface area (Å²) in [5.74, 6) is 0.499. The molecule has 0 spiro atoms. The Morgan fingerprint density at radius 1 is 1.29 bits per heavy atom. The van der Waals surface area contributed by atoms with Crippen LogP contribution in [0.3, 0.4) is 0 Å². The summed E-state index contributed by atoms with van der Waals surface area (Å²) in [5.41, 5.74) is 8.44. The smallest absolute Gasteiger partial charge is 0.248 e. The zero-order chi connectivity index (χ0) is 19.7. The number of carbonyl (C=O) groups is 1. The highest BCUT2D eigenvalue weighted by Gasteiger charge is 2.34. The number of hydrogen-bond donors (Lipinski definition) is 2. The number of benzene rings is 2. The number of aromatic nitrogens is 4. The maximum atomic E-state index is 12.2. The van der Waals surface area contributed by atoms with Crippen LogP contribution in [0.1, 0.15) is 24.1 Å². The first-order valence-electron chi connectivity index (χ1n) is 8.56. The standard InChI is InChI=1S/C19H17BrN6O2/c1-11-16(18(21)27)17(26-19(22-11)23-24-25-26)14-9-13(20)7-8-15(14)28-10-12-5-3-2-4-6-12/h2-9,17H,10H2,1H3,(H2,21,27)(H,22,23,25)/t17-/m0/s1. The number of tetrazole rings is 1. The number of carbonyl (C=O) groups excluding carboxylic acids is 1. The van der Waals surface area contributed by atoms with Crippen LogP contribution < -0.4 is 15.8 Å². The number of hydrogen-bond acceptors (Lipinski definition) is 6. The molecule has 0 unspecified atom stereocenters. The number of fused-ring (bicyclic) bond motifs is 1. The lowest BCUT2D eigenvalue weighted by Crippen LogP contribution is -2.32. The molecule has 8 nitrogen and oxygen atoms in total. The number of nitrogens with two attached hydrogens (primary N) is 1. The lowest BCUT2D eigenvalue weighted by Gasteiger charge is -2.28. The number of primary amides is 1. The molecular formula is C19H17BrN6O2. The molecule has 0 saturated heterocycles. The van der Waals surface area contributed by atoms with Crippen LogP contribution in [0.4, 0.5) is 5.95 Å². The second kappa shape index (κ2) is 7.43. The minimum Gasteiger partial charge on any atom is -0.489 e. The van der Waals surface area contributed by atoms with E-state index in [1.165, 1.54) is 4.68 Å². The number of rotatable bonds is 5. The summed E-state index contributed by atoms with van der Waals surface area (Å²) in [6.07, 6.45) is 0. The molecule has 9 heteroatoms. The normalized spacial score (nSPS) is 15.7. The van der Waals surface area contributed by atoms with Crippen molar-refractivity contribution >= 4 is 27.8 Å². The lowest BCUT2D eigenvalue weighted by molar-refractivity contribution is -0.115. The molecule has 2 aromatic carbocycles. The molecule has 0 aliphatic carbocycles. The molecule has 1 aliphatic heterocycles. The molecule has 2 heterocycles. The third-order valence-corrected chi connectivity index (χ3v) is 4.98. The summed E-state index contributed by atoms with van der Waals surface area (Å²) in [4.78, 5) is 12.2. The fourth-order valence-corrected chi connectivity index (χ4v) is 3.60. The molecule has 3 aromatic rings. The highest BCUT2D eigenvalue weighted by molar-refractivity contribution is 9.10. The van der Waals surface area contributed by atoms with Crippen LogP contribution >= 0.6 is 15.9 Å². The molecule has 1 atom stereocenters. The van der Waals surface area contributed by atoms with E-state index < -0.39 is 11.9 Å². The summed E-state index contributed by atoms with van der Waals surface area (Å²) in [6.45, 7) is 2.16. The van der Waals surface area contributed by atoms with Crippen LogP contribution in [0.15, 0.2) is 64.3 Å². The van der Waals surface area contributed by atoms with Crippen molar-refractivity contribution in [2.75, 3.05) is 5.32 Å². The molecule has 3 N–H and O–H groups in total. The Balaban J connectivity index is 1.79. The van der Waals surface area contributed by atoms with Crippen molar-refractivity contribution < 1.29 is 9.53 Å². The van der Waals surface area contributed by atoms with Gasteiger partial charge in [-0.1, -0.05) is 51.4 Å². The summed E-state index contributed by atoms with van der Waals surface area (Å²) in [5, 5.41) is 14.8. The van der Waals surface area contributed by atoms with Crippen molar-refractivity contribution in [1.82, 2.24) is 20.2 Å². The second-order valence-corrected chi connectivity index (χ2v) is 7.25. The summed E-state index contributed by atoms with van der Waals surface area (Å²) < 4.78 is 8.46. The van der Waals surface area contributed by atoms with Gasteiger partial charge in [0.15, 0.2) is 0 Å². The van der Waals surface area contributed by atoms with E-state index in [0.717, 1.165) is 15.6 Å². The van der Waals surface area contributed by atoms with Gasteiger partial charge in [-0.15, -0.1) is 0 Å².